The number of oxazole rings is 1. The zero-order valence-corrected chi connectivity index (χ0v) is 18.3. The highest BCUT2D eigenvalue weighted by atomic mass is 32.2. The van der Waals surface area contributed by atoms with E-state index < -0.39 is 27.7 Å². The summed E-state index contributed by atoms with van der Waals surface area (Å²) < 4.78 is 34.6. The van der Waals surface area contributed by atoms with Crippen molar-refractivity contribution in [3.8, 4) is 0 Å². The first-order valence-corrected chi connectivity index (χ1v) is 12.1. The van der Waals surface area contributed by atoms with E-state index in [1.807, 2.05) is 36.6 Å². The summed E-state index contributed by atoms with van der Waals surface area (Å²) in [6.07, 6.45) is 2.22. The molecular formula is C20H23N3O5S2. The molecule has 1 heterocycles. The van der Waals surface area contributed by atoms with Gasteiger partial charge in [-0.2, -0.15) is 16.5 Å². The summed E-state index contributed by atoms with van der Waals surface area (Å²) in [6, 6.07) is 12.6. The van der Waals surface area contributed by atoms with Crippen LogP contribution < -0.4 is 15.8 Å². The normalized spacial score (nSPS) is 12.7. The lowest BCUT2D eigenvalue weighted by Crippen LogP contribution is -2.46. The van der Waals surface area contributed by atoms with Crippen LogP contribution in [0.3, 0.4) is 0 Å². The topological polar surface area (TPSA) is 110 Å². The molecule has 2 aromatic carbocycles. The summed E-state index contributed by atoms with van der Waals surface area (Å²) in [4.78, 5) is 24.3. The van der Waals surface area contributed by atoms with E-state index in [4.69, 9.17) is 4.42 Å². The number of sulfonamides is 1. The first kappa shape index (κ1) is 22.1. The minimum atomic E-state index is -4.00. The molecule has 1 aromatic heterocycles. The average Bonchev–Trinajstić information content (AvgIpc) is 3.03. The van der Waals surface area contributed by atoms with Crippen LogP contribution in [-0.4, -0.2) is 36.9 Å². The van der Waals surface area contributed by atoms with Crippen molar-refractivity contribution >= 4 is 38.8 Å². The maximum atomic E-state index is 12.9. The lowest BCUT2D eigenvalue weighted by molar-refractivity contribution is -0.122. The van der Waals surface area contributed by atoms with E-state index in [1.54, 1.807) is 0 Å². The molecule has 3 rings (SSSR count). The Kier molecular flexibility index (Phi) is 7.01. The van der Waals surface area contributed by atoms with E-state index in [9.17, 15) is 18.0 Å². The Balaban J connectivity index is 1.78. The Morgan fingerprint density at radius 2 is 1.93 bits per heavy atom. The number of fused-ring (bicyclic) bond motifs is 1. The zero-order chi connectivity index (χ0) is 21.7. The molecule has 0 aliphatic carbocycles. The Hall–Kier alpha value is -2.56. The summed E-state index contributed by atoms with van der Waals surface area (Å²) in [5.41, 5.74) is 1.57. The summed E-state index contributed by atoms with van der Waals surface area (Å²) in [5.74, 6) is -0.368. The van der Waals surface area contributed by atoms with Gasteiger partial charge in [0.25, 0.3) is 0 Å². The highest BCUT2D eigenvalue weighted by Gasteiger charge is 2.26. The number of amides is 1. The van der Waals surface area contributed by atoms with Crippen LogP contribution in [0.2, 0.25) is 0 Å². The van der Waals surface area contributed by atoms with Crippen molar-refractivity contribution in [3.63, 3.8) is 0 Å². The summed E-state index contributed by atoms with van der Waals surface area (Å²) in [6.45, 7) is 0.304. The van der Waals surface area contributed by atoms with Crippen molar-refractivity contribution in [2.45, 2.75) is 23.9 Å². The second kappa shape index (κ2) is 9.50. The molecule has 0 aliphatic heterocycles. The number of hydrogen-bond donors (Lipinski definition) is 2. The number of nitrogens with one attached hydrogen (secondary N) is 2. The third-order valence-electron chi connectivity index (χ3n) is 4.61. The summed E-state index contributed by atoms with van der Waals surface area (Å²) in [5, 5.41) is 2.78. The van der Waals surface area contributed by atoms with Gasteiger partial charge >= 0.3 is 5.76 Å². The van der Waals surface area contributed by atoms with Crippen molar-refractivity contribution < 1.29 is 17.6 Å². The minimum absolute atomic E-state index is 0.0747. The first-order valence-electron chi connectivity index (χ1n) is 9.24. The molecule has 0 saturated carbocycles. The molecule has 8 nitrogen and oxygen atoms in total. The van der Waals surface area contributed by atoms with Crippen molar-refractivity contribution in [2.75, 3.05) is 12.0 Å². The largest absolute Gasteiger partial charge is 0.419 e. The minimum Gasteiger partial charge on any atom is -0.408 e. The average molecular weight is 450 g/mol. The van der Waals surface area contributed by atoms with Gasteiger partial charge in [0.05, 0.1) is 10.4 Å². The van der Waals surface area contributed by atoms with Crippen molar-refractivity contribution in [1.82, 2.24) is 14.6 Å². The van der Waals surface area contributed by atoms with Gasteiger partial charge in [0.2, 0.25) is 15.9 Å². The summed E-state index contributed by atoms with van der Waals surface area (Å²) >= 11 is 1.52. The molecule has 2 N–H and O–H groups in total. The number of rotatable bonds is 9. The van der Waals surface area contributed by atoms with Crippen LogP contribution >= 0.6 is 11.8 Å². The van der Waals surface area contributed by atoms with E-state index >= 15 is 0 Å². The van der Waals surface area contributed by atoms with E-state index in [2.05, 4.69) is 10.0 Å². The number of benzene rings is 2. The molecule has 0 aliphatic rings. The van der Waals surface area contributed by atoms with Crippen LogP contribution in [-0.2, 0) is 28.4 Å². The SMILES string of the molecule is CSCCC(NS(=O)(=O)c1ccc2c(c1)oc(=O)n2C)C(=O)NCc1ccccc1. The Labute approximate surface area is 178 Å². The van der Waals surface area contributed by atoms with Crippen molar-refractivity contribution in [3.05, 3.63) is 64.6 Å². The van der Waals surface area contributed by atoms with Crippen LogP contribution in [0, 0.1) is 0 Å². The van der Waals surface area contributed by atoms with Gasteiger partial charge in [0.15, 0.2) is 5.58 Å². The molecule has 10 heteroatoms. The quantitative estimate of drug-likeness (QED) is 0.516. The van der Waals surface area contributed by atoms with Crippen LogP contribution in [0.25, 0.3) is 11.1 Å². The predicted molar refractivity (Wildman–Crippen MR) is 117 cm³/mol. The zero-order valence-electron chi connectivity index (χ0n) is 16.6. The van der Waals surface area contributed by atoms with Crippen molar-refractivity contribution in [2.24, 2.45) is 7.05 Å². The van der Waals surface area contributed by atoms with E-state index in [0.717, 1.165) is 5.56 Å². The smallest absolute Gasteiger partial charge is 0.408 e. The van der Waals surface area contributed by atoms with Crippen LogP contribution in [0.5, 0.6) is 0 Å². The third-order valence-corrected chi connectivity index (χ3v) is 6.72. The number of carbonyl (C=O) groups is 1. The Morgan fingerprint density at radius 1 is 1.20 bits per heavy atom. The van der Waals surface area contributed by atoms with Gasteiger partial charge in [0.1, 0.15) is 6.04 Å². The monoisotopic (exact) mass is 449 g/mol. The molecular weight excluding hydrogens is 426 g/mol. The molecule has 30 heavy (non-hydrogen) atoms. The number of hydrogen-bond acceptors (Lipinski definition) is 6. The highest BCUT2D eigenvalue weighted by Crippen LogP contribution is 2.18. The second-order valence-electron chi connectivity index (χ2n) is 6.72. The van der Waals surface area contributed by atoms with E-state index in [1.165, 1.54) is 41.6 Å². The number of thioether (sulfide) groups is 1. The Bertz CT molecular complexity index is 1190. The fraction of sp³-hybridized carbons (Fsp3) is 0.300. The summed E-state index contributed by atoms with van der Waals surface area (Å²) in [7, 11) is -2.47. The van der Waals surface area contributed by atoms with Gasteiger partial charge in [-0.1, -0.05) is 30.3 Å². The number of aryl methyl sites for hydroxylation is 1. The standard InChI is InChI=1S/C20H23N3O5S2/c1-23-17-9-8-15(12-18(17)28-20(23)25)30(26,27)22-16(10-11-29-2)19(24)21-13-14-6-4-3-5-7-14/h3-9,12,16,22H,10-11,13H2,1-2H3,(H,21,24). The molecule has 0 radical (unpaired) electrons. The first-order chi connectivity index (χ1) is 14.3. The maximum Gasteiger partial charge on any atom is 0.419 e. The second-order valence-corrected chi connectivity index (χ2v) is 9.41. The van der Waals surface area contributed by atoms with Gasteiger partial charge in [-0.3, -0.25) is 9.36 Å². The van der Waals surface area contributed by atoms with Crippen molar-refractivity contribution in [1.29, 1.82) is 0 Å². The van der Waals surface area contributed by atoms with E-state index in [-0.39, 0.29) is 10.5 Å². The molecule has 0 spiro atoms. The molecule has 0 saturated heterocycles. The molecule has 0 bridgehead atoms. The van der Waals surface area contributed by atoms with Gasteiger partial charge in [-0.05, 0) is 36.1 Å². The van der Waals surface area contributed by atoms with Gasteiger partial charge in [-0.25, -0.2) is 13.2 Å². The lowest BCUT2D eigenvalue weighted by atomic mass is 10.2. The molecule has 0 fully saturated rings. The van der Waals surface area contributed by atoms with Crippen LogP contribution in [0.15, 0.2) is 62.6 Å². The van der Waals surface area contributed by atoms with Crippen LogP contribution in [0.1, 0.15) is 12.0 Å². The number of carbonyl (C=O) groups excluding carboxylic acids is 1. The third kappa shape index (κ3) is 5.13. The number of nitrogens with zero attached hydrogens (tertiary/aromatic N) is 1. The highest BCUT2D eigenvalue weighted by molar-refractivity contribution is 7.98. The van der Waals surface area contributed by atoms with Gasteiger partial charge in [0, 0.05) is 19.7 Å². The van der Waals surface area contributed by atoms with Gasteiger partial charge < -0.3 is 9.73 Å². The van der Waals surface area contributed by atoms with E-state index in [0.29, 0.717) is 24.2 Å². The Morgan fingerprint density at radius 3 is 2.63 bits per heavy atom. The van der Waals surface area contributed by atoms with Crippen LogP contribution in [0.4, 0.5) is 0 Å². The number of aromatic nitrogens is 1. The molecule has 1 amide bonds. The maximum absolute atomic E-state index is 12.9. The van der Waals surface area contributed by atoms with Gasteiger partial charge in [-0.15, -0.1) is 0 Å². The molecule has 160 valence electrons. The molecule has 1 unspecified atom stereocenters. The molecule has 1 atom stereocenters. The lowest BCUT2D eigenvalue weighted by Gasteiger charge is -2.18. The molecule has 3 aromatic rings. The fourth-order valence-corrected chi connectivity index (χ4v) is 4.64. The predicted octanol–water partition coefficient (Wildman–Crippen LogP) is 1.85. The fourth-order valence-electron chi connectivity index (χ4n) is 2.92.